The van der Waals surface area contributed by atoms with Gasteiger partial charge in [0.15, 0.2) is 0 Å². The maximum atomic E-state index is 4.05. The summed E-state index contributed by atoms with van der Waals surface area (Å²) in [6, 6.07) is 0. The van der Waals surface area contributed by atoms with E-state index in [1.165, 1.54) is 11.3 Å². The Kier molecular flexibility index (Phi) is 3.73. The van der Waals surface area contributed by atoms with E-state index in [1.807, 2.05) is 24.4 Å². The van der Waals surface area contributed by atoms with Crippen molar-refractivity contribution in [2.24, 2.45) is 0 Å². The highest BCUT2D eigenvalue weighted by molar-refractivity contribution is 5.42. The van der Waals surface area contributed by atoms with Crippen molar-refractivity contribution in [3.05, 3.63) is 60.1 Å². The molecule has 0 saturated heterocycles. The number of hydrogen-bond acceptors (Lipinski definition) is 1. The van der Waals surface area contributed by atoms with E-state index >= 15 is 0 Å². The number of hydrogen-bond donors (Lipinski definition) is 0. The molecule has 1 heteroatoms. The third-order valence-corrected chi connectivity index (χ3v) is 2.80. The van der Waals surface area contributed by atoms with Crippen LogP contribution in [0.1, 0.15) is 27.2 Å². The lowest BCUT2D eigenvalue weighted by Gasteiger charge is -2.26. The Hall–Kier alpha value is -1.50. The van der Waals surface area contributed by atoms with E-state index in [9.17, 15) is 0 Å². The Morgan fingerprint density at radius 1 is 1.47 bits per heavy atom. The Morgan fingerprint density at radius 3 is 2.60 bits per heavy atom. The van der Waals surface area contributed by atoms with Crippen molar-refractivity contribution < 1.29 is 0 Å². The van der Waals surface area contributed by atoms with Gasteiger partial charge in [-0.1, -0.05) is 31.7 Å². The molecule has 0 amide bonds. The molecule has 1 aliphatic heterocycles. The topological polar surface area (TPSA) is 3.24 Å². The Morgan fingerprint density at radius 2 is 2.13 bits per heavy atom. The summed E-state index contributed by atoms with van der Waals surface area (Å²) in [5.74, 6) is 0. The zero-order valence-corrected chi connectivity index (χ0v) is 9.88. The third-order valence-electron chi connectivity index (χ3n) is 2.80. The molecule has 0 aromatic heterocycles. The summed E-state index contributed by atoms with van der Waals surface area (Å²) < 4.78 is 0. The van der Waals surface area contributed by atoms with Gasteiger partial charge in [0, 0.05) is 17.6 Å². The maximum Gasteiger partial charge on any atom is 0.0386 e. The van der Waals surface area contributed by atoms with Crippen LogP contribution in [0.5, 0.6) is 0 Å². The minimum Gasteiger partial charge on any atom is -0.322 e. The predicted octanol–water partition coefficient (Wildman–Crippen LogP) is 4.15. The molecular weight excluding hydrogens is 182 g/mol. The fraction of sp³-hybridized carbons (Fsp3) is 0.286. The average Bonchev–Trinajstić information content (AvgIpc) is 2.26. The molecule has 1 aliphatic rings. The van der Waals surface area contributed by atoms with E-state index in [0.29, 0.717) is 0 Å². The molecule has 0 atom stereocenters. The van der Waals surface area contributed by atoms with Crippen LogP contribution in [0.15, 0.2) is 60.1 Å². The molecule has 0 saturated carbocycles. The number of rotatable bonds is 3. The van der Waals surface area contributed by atoms with Crippen LogP contribution in [-0.2, 0) is 0 Å². The first kappa shape index (κ1) is 11.6. The van der Waals surface area contributed by atoms with E-state index in [-0.39, 0.29) is 0 Å². The summed E-state index contributed by atoms with van der Waals surface area (Å²) >= 11 is 0. The number of allylic oxidation sites excluding steroid dienone is 6. The second-order valence-electron chi connectivity index (χ2n) is 3.74. The Balaban J connectivity index is 2.95. The first-order valence-corrected chi connectivity index (χ1v) is 5.27. The van der Waals surface area contributed by atoms with Crippen LogP contribution >= 0.6 is 0 Å². The predicted molar refractivity (Wildman–Crippen MR) is 67.1 cm³/mol. The standard InChI is InChI=1S/C14H19N/c1-6-11(3)13(5)15-9-8-14(7-2)10-12(15)4/h7-10H,2,4,6H2,1,3,5H3/b13-11+. The van der Waals surface area contributed by atoms with Gasteiger partial charge in [-0.15, -0.1) is 0 Å². The first-order valence-electron chi connectivity index (χ1n) is 5.27. The zero-order chi connectivity index (χ0) is 11.4. The summed E-state index contributed by atoms with van der Waals surface area (Å²) in [6.07, 6.45) is 9.05. The maximum absolute atomic E-state index is 4.05. The normalized spacial score (nSPS) is 17.4. The van der Waals surface area contributed by atoms with Crippen molar-refractivity contribution >= 4 is 0 Å². The van der Waals surface area contributed by atoms with Crippen LogP contribution in [0.4, 0.5) is 0 Å². The van der Waals surface area contributed by atoms with Gasteiger partial charge in [0.1, 0.15) is 0 Å². The molecule has 15 heavy (non-hydrogen) atoms. The van der Waals surface area contributed by atoms with Gasteiger partial charge < -0.3 is 4.90 Å². The first-order chi connectivity index (χ1) is 7.10. The lowest BCUT2D eigenvalue weighted by Crippen LogP contribution is -2.16. The second-order valence-corrected chi connectivity index (χ2v) is 3.74. The molecule has 1 rings (SSSR count). The van der Waals surface area contributed by atoms with Crippen molar-refractivity contribution in [1.82, 2.24) is 4.90 Å². The van der Waals surface area contributed by atoms with Crippen LogP contribution in [0, 0.1) is 0 Å². The Labute approximate surface area is 92.8 Å². The highest BCUT2D eigenvalue weighted by Crippen LogP contribution is 2.23. The average molecular weight is 201 g/mol. The van der Waals surface area contributed by atoms with E-state index in [0.717, 1.165) is 17.7 Å². The van der Waals surface area contributed by atoms with Gasteiger partial charge in [-0.25, -0.2) is 0 Å². The minimum absolute atomic E-state index is 0.998. The monoisotopic (exact) mass is 201 g/mol. The van der Waals surface area contributed by atoms with Gasteiger partial charge >= 0.3 is 0 Å². The van der Waals surface area contributed by atoms with Gasteiger partial charge in [0.05, 0.1) is 0 Å². The van der Waals surface area contributed by atoms with Crippen LogP contribution in [-0.4, -0.2) is 4.90 Å². The molecule has 0 radical (unpaired) electrons. The smallest absolute Gasteiger partial charge is 0.0386 e. The van der Waals surface area contributed by atoms with Crippen molar-refractivity contribution in [2.75, 3.05) is 0 Å². The molecular formula is C14H19N. The van der Waals surface area contributed by atoms with E-state index in [4.69, 9.17) is 0 Å². The third kappa shape index (κ3) is 2.50. The van der Waals surface area contributed by atoms with E-state index in [1.54, 1.807) is 0 Å². The van der Waals surface area contributed by atoms with Crippen LogP contribution in [0.2, 0.25) is 0 Å². The summed E-state index contributed by atoms with van der Waals surface area (Å²) in [5, 5.41) is 0. The molecule has 80 valence electrons. The van der Waals surface area contributed by atoms with Gasteiger partial charge in [-0.2, -0.15) is 0 Å². The van der Waals surface area contributed by atoms with Gasteiger partial charge in [-0.3, -0.25) is 0 Å². The molecule has 0 aliphatic carbocycles. The van der Waals surface area contributed by atoms with Crippen molar-refractivity contribution in [1.29, 1.82) is 0 Å². The summed E-state index contributed by atoms with van der Waals surface area (Å²) in [6.45, 7) is 14.2. The molecule has 0 aromatic carbocycles. The summed E-state index contributed by atoms with van der Waals surface area (Å²) in [4.78, 5) is 2.12. The lowest BCUT2D eigenvalue weighted by molar-refractivity contribution is 0.578. The molecule has 0 N–H and O–H groups in total. The van der Waals surface area contributed by atoms with E-state index < -0.39 is 0 Å². The van der Waals surface area contributed by atoms with Gasteiger partial charge in [-0.05, 0) is 38.0 Å². The van der Waals surface area contributed by atoms with Crippen molar-refractivity contribution in [2.45, 2.75) is 27.2 Å². The van der Waals surface area contributed by atoms with Crippen LogP contribution in [0.3, 0.4) is 0 Å². The minimum atomic E-state index is 0.998. The van der Waals surface area contributed by atoms with Crippen LogP contribution in [0.25, 0.3) is 0 Å². The molecule has 1 nitrogen and oxygen atoms in total. The number of nitrogens with zero attached hydrogens (tertiary/aromatic N) is 1. The fourth-order valence-corrected chi connectivity index (χ4v) is 1.48. The quantitative estimate of drug-likeness (QED) is 0.663. The molecule has 0 bridgehead atoms. The largest absolute Gasteiger partial charge is 0.322 e. The van der Waals surface area contributed by atoms with Gasteiger partial charge in [0.2, 0.25) is 0 Å². The zero-order valence-electron chi connectivity index (χ0n) is 9.88. The molecule has 0 aromatic rings. The highest BCUT2D eigenvalue weighted by Gasteiger charge is 2.10. The van der Waals surface area contributed by atoms with Crippen molar-refractivity contribution in [3.63, 3.8) is 0 Å². The van der Waals surface area contributed by atoms with Crippen LogP contribution < -0.4 is 0 Å². The lowest BCUT2D eigenvalue weighted by atomic mass is 10.1. The summed E-state index contributed by atoms with van der Waals surface area (Å²) in [5.41, 5.74) is 4.75. The molecule has 0 spiro atoms. The Bertz CT molecular complexity index is 367. The van der Waals surface area contributed by atoms with Crippen molar-refractivity contribution in [3.8, 4) is 0 Å². The molecule has 1 heterocycles. The molecule has 0 unspecified atom stereocenters. The second kappa shape index (κ2) is 4.83. The fourth-order valence-electron chi connectivity index (χ4n) is 1.48. The molecule has 0 fully saturated rings. The SMILES string of the molecule is C=CC1=CC(=C)N(/C(C)=C(\C)CC)C=C1. The van der Waals surface area contributed by atoms with E-state index in [2.05, 4.69) is 38.8 Å². The summed E-state index contributed by atoms with van der Waals surface area (Å²) in [7, 11) is 0. The van der Waals surface area contributed by atoms with Gasteiger partial charge in [0.25, 0.3) is 0 Å². The highest BCUT2D eigenvalue weighted by atomic mass is 15.1.